The van der Waals surface area contributed by atoms with E-state index >= 15 is 0 Å². The van der Waals surface area contributed by atoms with Crippen molar-refractivity contribution < 1.29 is 22.7 Å². The Labute approximate surface area is 156 Å². The van der Waals surface area contributed by atoms with Gasteiger partial charge in [0.05, 0.1) is 12.2 Å². The number of ether oxygens (including phenoxy) is 1. The number of carbonyl (C=O) groups is 1. The number of benzene rings is 1. The molecule has 1 aromatic heterocycles. The maximum absolute atomic E-state index is 12.8. The molecule has 0 aliphatic rings. The van der Waals surface area contributed by atoms with Gasteiger partial charge in [0.25, 0.3) is 0 Å². The number of carbonyl (C=O) groups excluding carboxylic acids is 1. The van der Waals surface area contributed by atoms with Gasteiger partial charge in [-0.1, -0.05) is 50.0 Å². The molecule has 0 spiro atoms. The highest BCUT2D eigenvalue weighted by molar-refractivity contribution is 5.94. The summed E-state index contributed by atoms with van der Waals surface area (Å²) in [6.07, 6.45) is 0.824. The lowest BCUT2D eigenvalue weighted by atomic mass is 10.1. The van der Waals surface area contributed by atoms with Gasteiger partial charge in [-0.05, 0) is 25.5 Å². The number of halogens is 3. The van der Waals surface area contributed by atoms with E-state index in [9.17, 15) is 18.0 Å². The summed E-state index contributed by atoms with van der Waals surface area (Å²) in [5.74, 6) is -0.635. The Morgan fingerprint density at radius 1 is 1.07 bits per heavy atom. The molecule has 0 atom stereocenters. The van der Waals surface area contributed by atoms with Crippen molar-refractivity contribution in [2.75, 3.05) is 6.61 Å². The molecule has 0 unspecified atom stereocenters. The SMILES string of the molecule is CCCCCCCn1nnc(C(=O)OCC)c1-c1ccc(C(F)(F)F)cc1. The first-order chi connectivity index (χ1) is 12.9. The van der Waals surface area contributed by atoms with Crippen LogP contribution < -0.4 is 0 Å². The molecule has 2 rings (SSSR count). The highest BCUT2D eigenvalue weighted by atomic mass is 19.4. The summed E-state index contributed by atoms with van der Waals surface area (Å²) < 4.78 is 45.0. The lowest BCUT2D eigenvalue weighted by Gasteiger charge is -2.10. The Bertz CT molecular complexity index is 740. The van der Waals surface area contributed by atoms with Crippen LogP contribution in [0.15, 0.2) is 24.3 Å². The summed E-state index contributed by atoms with van der Waals surface area (Å²) in [6.45, 7) is 4.52. The van der Waals surface area contributed by atoms with E-state index in [1.54, 1.807) is 11.6 Å². The molecule has 0 N–H and O–H groups in total. The molecule has 1 heterocycles. The minimum atomic E-state index is -4.42. The number of unbranched alkanes of at least 4 members (excludes halogenated alkanes) is 4. The van der Waals surface area contributed by atoms with E-state index in [4.69, 9.17) is 4.74 Å². The predicted octanol–water partition coefficient (Wildman–Crippen LogP) is 5.11. The van der Waals surface area contributed by atoms with Crippen molar-refractivity contribution in [3.8, 4) is 11.3 Å². The molecular formula is C19H24F3N3O2. The van der Waals surface area contributed by atoms with Crippen LogP contribution in [0.2, 0.25) is 0 Å². The maximum Gasteiger partial charge on any atom is 0.416 e. The standard InChI is InChI=1S/C19H24F3N3O2/c1-3-5-6-7-8-13-25-17(16(23-24-25)18(26)27-4-2)14-9-11-15(12-10-14)19(20,21)22/h9-12H,3-8,13H2,1-2H3. The number of nitrogens with zero attached hydrogens (tertiary/aromatic N) is 3. The number of esters is 1. The Hall–Kier alpha value is -2.38. The van der Waals surface area contributed by atoms with Crippen molar-refractivity contribution in [1.82, 2.24) is 15.0 Å². The summed E-state index contributed by atoms with van der Waals surface area (Å²) in [7, 11) is 0. The zero-order valence-electron chi connectivity index (χ0n) is 15.6. The van der Waals surface area contributed by atoms with Gasteiger partial charge in [-0.2, -0.15) is 13.2 Å². The fourth-order valence-electron chi connectivity index (χ4n) is 2.77. The summed E-state index contributed by atoms with van der Waals surface area (Å²) >= 11 is 0. The van der Waals surface area contributed by atoms with Gasteiger partial charge in [0.15, 0.2) is 5.69 Å². The smallest absolute Gasteiger partial charge is 0.416 e. The molecule has 148 valence electrons. The van der Waals surface area contributed by atoms with E-state index in [0.29, 0.717) is 17.8 Å². The molecule has 0 bridgehead atoms. The average molecular weight is 383 g/mol. The third-order valence-corrected chi connectivity index (χ3v) is 4.16. The van der Waals surface area contributed by atoms with Gasteiger partial charge in [0, 0.05) is 12.1 Å². The topological polar surface area (TPSA) is 57.0 Å². The van der Waals surface area contributed by atoms with Crippen molar-refractivity contribution in [1.29, 1.82) is 0 Å². The predicted molar refractivity (Wildman–Crippen MR) is 95.2 cm³/mol. The largest absolute Gasteiger partial charge is 0.461 e. The Kier molecular flexibility index (Phi) is 7.38. The molecule has 8 heteroatoms. The summed E-state index contributed by atoms with van der Waals surface area (Å²) in [6, 6.07) is 4.64. The van der Waals surface area contributed by atoms with Gasteiger partial charge in [0.2, 0.25) is 0 Å². The second-order valence-corrected chi connectivity index (χ2v) is 6.22. The van der Waals surface area contributed by atoms with Crippen molar-refractivity contribution in [2.45, 2.75) is 58.7 Å². The van der Waals surface area contributed by atoms with Crippen molar-refractivity contribution in [3.63, 3.8) is 0 Å². The fraction of sp³-hybridized carbons (Fsp3) is 0.526. The normalized spacial score (nSPS) is 11.6. The van der Waals surface area contributed by atoms with E-state index in [1.807, 2.05) is 0 Å². The number of rotatable bonds is 9. The van der Waals surface area contributed by atoms with E-state index in [0.717, 1.165) is 44.2 Å². The summed E-state index contributed by atoms with van der Waals surface area (Å²) in [5.41, 5.74) is 0.106. The lowest BCUT2D eigenvalue weighted by Crippen LogP contribution is -2.09. The Balaban J connectivity index is 2.29. The molecule has 0 saturated heterocycles. The number of aromatic nitrogens is 3. The van der Waals surface area contributed by atoms with Gasteiger partial charge in [0.1, 0.15) is 5.69 Å². The maximum atomic E-state index is 12.8. The molecule has 0 saturated carbocycles. The highest BCUT2D eigenvalue weighted by Crippen LogP contribution is 2.31. The van der Waals surface area contributed by atoms with Crippen LogP contribution in [0.5, 0.6) is 0 Å². The van der Waals surface area contributed by atoms with Crippen molar-refractivity contribution >= 4 is 5.97 Å². The molecule has 0 aliphatic carbocycles. The van der Waals surface area contributed by atoms with Crippen molar-refractivity contribution in [3.05, 3.63) is 35.5 Å². The van der Waals surface area contributed by atoms with Gasteiger partial charge < -0.3 is 4.74 Å². The second-order valence-electron chi connectivity index (χ2n) is 6.22. The van der Waals surface area contributed by atoms with E-state index in [-0.39, 0.29) is 12.3 Å². The van der Waals surface area contributed by atoms with Crippen LogP contribution in [0.25, 0.3) is 11.3 Å². The van der Waals surface area contributed by atoms with Crippen LogP contribution in [-0.4, -0.2) is 27.6 Å². The second kappa shape index (κ2) is 9.53. The Morgan fingerprint density at radius 3 is 2.33 bits per heavy atom. The first-order valence-corrected chi connectivity index (χ1v) is 9.16. The molecular weight excluding hydrogens is 359 g/mol. The van der Waals surface area contributed by atoms with Gasteiger partial charge in [-0.15, -0.1) is 5.10 Å². The molecule has 27 heavy (non-hydrogen) atoms. The van der Waals surface area contributed by atoms with E-state index in [1.165, 1.54) is 12.1 Å². The van der Waals surface area contributed by atoms with Crippen LogP contribution in [-0.2, 0) is 17.5 Å². The molecule has 0 fully saturated rings. The van der Waals surface area contributed by atoms with Gasteiger partial charge in [-0.3, -0.25) is 0 Å². The summed E-state index contributed by atoms with van der Waals surface area (Å²) in [4.78, 5) is 12.2. The van der Waals surface area contributed by atoms with Crippen molar-refractivity contribution in [2.24, 2.45) is 0 Å². The van der Waals surface area contributed by atoms with Crippen LogP contribution in [0.3, 0.4) is 0 Å². The summed E-state index contributed by atoms with van der Waals surface area (Å²) in [5, 5.41) is 7.94. The lowest BCUT2D eigenvalue weighted by molar-refractivity contribution is -0.137. The number of hydrogen-bond acceptors (Lipinski definition) is 4. The van der Waals surface area contributed by atoms with E-state index in [2.05, 4.69) is 17.2 Å². The van der Waals surface area contributed by atoms with Crippen LogP contribution in [0, 0.1) is 0 Å². The Morgan fingerprint density at radius 2 is 1.74 bits per heavy atom. The molecule has 1 aromatic carbocycles. The van der Waals surface area contributed by atoms with Crippen LogP contribution in [0.1, 0.15) is 62.0 Å². The number of alkyl halides is 3. The quantitative estimate of drug-likeness (QED) is 0.446. The van der Waals surface area contributed by atoms with Crippen LogP contribution in [0.4, 0.5) is 13.2 Å². The third-order valence-electron chi connectivity index (χ3n) is 4.16. The first-order valence-electron chi connectivity index (χ1n) is 9.16. The molecule has 0 radical (unpaired) electrons. The highest BCUT2D eigenvalue weighted by Gasteiger charge is 2.30. The third kappa shape index (κ3) is 5.55. The monoisotopic (exact) mass is 383 g/mol. The minimum Gasteiger partial charge on any atom is -0.461 e. The number of aryl methyl sites for hydroxylation is 1. The molecule has 0 aliphatic heterocycles. The average Bonchev–Trinajstić information content (AvgIpc) is 3.05. The van der Waals surface area contributed by atoms with Crippen LogP contribution >= 0.6 is 0 Å². The molecule has 0 amide bonds. The number of hydrogen-bond donors (Lipinski definition) is 0. The van der Waals surface area contributed by atoms with Gasteiger partial charge >= 0.3 is 12.1 Å². The zero-order chi connectivity index (χ0) is 19.9. The fourth-order valence-corrected chi connectivity index (χ4v) is 2.77. The zero-order valence-corrected chi connectivity index (χ0v) is 15.6. The van der Waals surface area contributed by atoms with E-state index < -0.39 is 17.7 Å². The first kappa shape index (κ1) is 20.9. The molecule has 2 aromatic rings. The van der Waals surface area contributed by atoms with Gasteiger partial charge in [-0.25, -0.2) is 9.48 Å². The minimum absolute atomic E-state index is 0.0187. The molecule has 5 nitrogen and oxygen atoms in total.